The van der Waals surface area contributed by atoms with Crippen molar-refractivity contribution in [3.05, 3.63) is 41.2 Å². The van der Waals surface area contributed by atoms with Gasteiger partial charge in [-0.05, 0) is 36.5 Å². The van der Waals surface area contributed by atoms with Gasteiger partial charge in [0.1, 0.15) is 0 Å². The molecule has 3 rings (SSSR count). The van der Waals surface area contributed by atoms with E-state index in [2.05, 4.69) is 14.6 Å². The van der Waals surface area contributed by atoms with Crippen LogP contribution in [0.4, 0.5) is 0 Å². The van der Waals surface area contributed by atoms with Gasteiger partial charge < -0.3 is 4.90 Å². The average molecular weight is 302 g/mol. The van der Waals surface area contributed by atoms with Gasteiger partial charge in [-0.15, -0.1) is 5.10 Å². The maximum Gasteiger partial charge on any atom is 0.275 e. The molecule has 1 fully saturated rings. The summed E-state index contributed by atoms with van der Waals surface area (Å²) in [6, 6.07) is 6.09. The first kappa shape index (κ1) is 14.1. The lowest BCUT2D eigenvalue weighted by Crippen LogP contribution is -2.41. The molecular formula is C15H18N4OS. The fourth-order valence-electron chi connectivity index (χ4n) is 2.83. The summed E-state index contributed by atoms with van der Waals surface area (Å²) >= 11 is 1.21. The van der Waals surface area contributed by atoms with Gasteiger partial charge in [-0.2, -0.15) is 0 Å². The van der Waals surface area contributed by atoms with Gasteiger partial charge in [0.2, 0.25) is 0 Å². The smallest absolute Gasteiger partial charge is 0.275 e. The number of hydrogen-bond donors (Lipinski definition) is 0. The summed E-state index contributed by atoms with van der Waals surface area (Å²) in [5.41, 5.74) is 1.36. The quantitative estimate of drug-likeness (QED) is 0.871. The van der Waals surface area contributed by atoms with Gasteiger partial charge in [-0.3, -0.25) is 9.78 Å². The molecule has 1 aliphatic rings. The molecule has 0 N–H and O–H groups in total. The Morgan fingerprint density at radius 1 is 1.29 bits per heavy atom. The maximum absolute atomic E-state index is 12.7. The van der Waals surface area contributed by atoms with E-state index < -0.39 is 0 Å². The first-order chi connectivity index (χ1) is 10.3. The third-order valence-corrected chi connectivity index (χ3v) is 4.42. The Bertz CT molecular complexity index is 567. The summed E-state index contributed by atoms with van der Waals surface area (Å²) in [4.78, 5) is 19.0. The molecular weight excluding hydrogens is 284 g/mol. The number of aromatic nitrogens is 3. The highest BCUT2D eigenvalue weighted by Gasteiger charge is 2.27. The van der Waals surface area contributed by atoms with E-state index >= 15 is 0 Å². The number of carbonyl (C=O) groups is 1. The molecule has 0 bridgehead atoms. The van der Waals surface area contributed by atoms with Crippen molar-refractivity contribution in [1.82, 2.24) is 19.5 Å². The molecule has 5 nitrogen and oxygen atoms in total. The number of nitrogens with zero attached hydrogens (tertiary/aromatic N) is 4. The molecule has 2 aromatic heterocycles. The zero-order valence-corrected chi connectivity index (χ0v) is 12.6. The molecule has 1 aliphatic carbocycles. The predicted molar refractivity (Wildman–Crippen MR) is 80.9 cm³/mol. The van der Waals surface area contributed by atoms with Crippen molar-refractivity contribution in [2.75, 3.05) is 0 Å². The van der Waals surface area contributed by atoms with Crippen molar-refractivity contribution in [2.45, 2.75) is 44.7 Å². The van der Waals surface area contributed by atoms with Crippen molar-refractivity contribution in [2.24, 2.45) is 0 Å². The lowest BCUT2D eigenvalue weighted by atomic mass is 9.94. The molecule has 2 heterocycles. The van der Waals surface area contributed by atoms with E-state index in [-0.39, 0.29) is 11.9 Å². The van der Waals surface area contributed by atoms with Crippen molar-refractivity contribution in [1.29, 1.82) is 0 Å². The van der Waals surface area contributed by atoms with E-state index in [9.17, 15) is 4.79 Å². The number of carbonyl (C=O) groups excluding carboxylic acids is 1. The third kappa shape index (κ3) is 3.44. The standard InChI is InChI=1S/C15H18N4OS/c20-15(14-11-21-18-17-14)19(13-7-2-1-3-8-13)10-12-6-4-5-9-16-12/h4-6,9,11,13H,1-3,7-8,10H2. The van der Waals surface area contributed by atoms with E-state index in [1.54, 1.807) is 11.6 Å². The minimum Gasteiger partial charge on any atom is -0.328 e. The monoisotopic (exact) mass is 302 g/mol. The van der Waals surface area contributed by atoms with Crippen LogP contribution in [0.1, 0.15) is 48.3 Å². The summed E-state index contributed by atoms with van der Waals surface area (Å²) < 4.78 is 3.81. The molecule has 0 spiro atoms. The molecule has 21 heavy (non-hydrogen) atoms. The first-order valence-corrected chi connectivity index (χ1v) is 8.16. The fourth-order valence-corrected chi connectivity index (χ4v) is 3.26. The van der Waals surface area contributed by atoms with Crippen LogP contribution in [0.5, 0.6) is 0 Å². The lowest BCUT2D eigenvalue weighted by Gasteiger charge is -2.33. The van der Waals surface area contributed by atoms with Crippen LogP contribution < -0.4 is 0 Å². The Morgan fingerprint density at radius 2 is 2.14 bits per heavy atom. The molecule has 0 radical (unpaired) electrons. The van der Waals surface area contributed by atoms with Crippen molar-refractivity contribution < 1.29 is 4.79 Å². The topological polar surface area (TPSA) is 59.0 Å². The summed E-state index contributed by atoms with van der Waals surface area (Å²) in [6.07, 6.45) is 7.54. The average Bonchev–Trinajstić information content (AvgIpc) is 3.08. The molecule has 0 aromatic carbocycles. The van der Waals surface area contributed by atoms with Gasteiger partial charge in [0, 0.05) is 17.6 Å². The van der Waals surface area contributed by atoms with Crippen molar-refractivity contribution in [3.8, 4) is 0 Å². The Balaban J connectivity index is 1.81. The second kappa shape index (κ2) is 6.76. The Hall–Kier alpha value is -1.82. The number of amides is 1. The predicted octanol–water partition coefficient (Wildman–Crippen LogP) is 2.91. The third-order valence-electron chi connectivity index (χ3n) is 3.91. The molecule has 1 amide bonds. The number of hydrogen-bond acceptors (Lipinski definition) is 5. The fraction of sp³-hybridized carbons (Fsp3) is 0.467. The molecule has 1 saturated carbocycles. The zero-order chi connectivity index (χ0) is 14.5. The highest BCUT2D eigenvalue weighted by Crippen LogP contribution is 2.25. The molecule has 0 saturated heterocycles. The second-order valence-electron chi connectivity index (χ2n) is 5.34. The normalized spacial score (nSPS) is 15.8. The SMILES string of the molecule is O=C(c1csnn1)N(Cc1ccccn1)C1CCCCC1. The van der Waals surface area contributed by atoms with E-state index in [1.807, 2.05) is 23.1 Å². The highest BCUT2D eigenvalue weighted by atomic mass is 32.1. The van der Waals surface area contributed by atoms with Crippen molar-refractivity contribution in [3.63, 3.8) is 0 Å². The Morgan fingerprint density at radius 3 is 2.81 bits per heavy atom. The van der Waals surface area contributed by atoms with Crippen LogP contribution >= 0.6 is 11.5 Å². The van der Waals surface area contributed by atoms with Crippen LogP contribution in [0.25, 0.3) is 0 Å². The largest absolute Gasteiger partial charge is 0.328 e. The molecule has 6 heteroatoms. The summed E-state index contributed by atoms with van der Waals surface area (Å²) in [5.74, 6) is -0.0266. The minimum absolute atomic E-state index is 0.0266. The van der Waals surface area contributed by atoms with Crippen molar-refractivity contribution >= 4 is 17.4 Å². The molecule has 0 atom stereocenters. The first-order valence-electron chi connectivity index (χ1n) is 7.32. The lowest BCUT2D eigenvalue weighted by molar-refractivity contribution is 0.0605. The van der Waals surface area contributed by atoms with Crippen LogP contribution in [0, 0.1) is 0 Å². The molecule has 2 aromatic rings. The van der Waals surface area contributed by atoms with Gasteiger partial charge in [0.05, 0.1) is 12.2 Å². The van der Waals surface area contributed by atoms with Crippen LogP contribution in [-0.4, -0.2) is 31.4 Å². The highest BCUT2D eigenvalue weighted by molar-refractivity contribution is 7.03. The number of pyridine rings is 1. The molecule has 110 valence electrons. The Labute approximate surface area is 128 Å². The van der Waals surface area contributed by atoms with E-state index in [0.29, 0.717) is 12.2 Å². The summed E-state index contributed by atoms with van der Waals surface area (Å²) in [5, 5.41) is 5.65. The van der Waals surface area contributed by atoms with Gasteiger partial charge in [0.15, 0.2) is 5.69 Å². The zero-order valence-electron chi connectivity index (χ0n) is 11.8. The van der Waals surface area contributed by atoms with Gasteiger partial charge in [-0.25, -0.2) is 0 Å². The minimum atomic E-state index is -0.0266. The van der Waals surface area contributed by atoms with E-state index in [1.165, 1.54) is 30.8 Å². The summed E-state index contributed by atoms with van der Waals surface area (Å²) in [6.45, 7) is 0.544. The van der Waals surface area contributed by atoms with Gasteiger partial charge in [-0.1, -0.05) is 29.8 Å². The molecule has 0 aliphatic heterocycles. The summed E-state index contributed by atoms with van der Waals surface area (Å²) in [7, 11) is 0. The van der Waals surface area contributed by atoms with Crippen LogP contribution in [0.3, 0.4) is 0 Å². The van der Waals surface area contributed by atoms with E-state index in [0.717, 1.165) is 18.5 Å². The maximum atomic E-state index is 12.7. The Kier molecular flexibility index (Phi) is 4.55. The van der Waals surface area contributed by atoms with E-state index in [4.69, 9.17) is 0 Å². The number of rotatable bonds is 4. The van der Waals surface area contributed by atoms with Crippen LogP contribution in [-0.2, 0) is 6.54 Å². The second-order valence-corrected chi connectivity index (χ2v) is 5.95. The molecule has 0 unspecified atom stereocenters. The van der Waals surface area contributed by atoms with Crippen LogP contribution in [0.15, 0.2) is 29.8 Å². The van der Waals surface area contributed by atoms with Gasteiger partial charge in [0.25, 0.3) is 5.91 Å². The van der Waals surface area contributed by atoms with Gasteiger partial charge >= 0.3 is 0 Å². The van der Waals surface area contributed by atoms with Crippen LogP contribution in [0.2, 0.25) is 0 Å².